The second kappa shape index (κ2) is 9.36. The maximum atomic E-state index is 13.1. The Balaban J connectivity index is 2.22. The SMILES string of the molecule is CCCN(C(=O)CC(=O)Cc1cccc(C(F)(F)F)c1C(=O)O)c1ccccc1. The summed E-state index contributed by atoms with van der Waals surface area (Å²) in [6.07, 6.45) is -5.34. The van der Waals surface area contributed by atoms with Crippen molar-refractivity contribution in [2.75, 3.05) is 11.4 Å². The summed E-state index contributed by atoms with van der Waals surface area (Å²) in [6.45, 7) is 2.24. The highest BCUT2D eigenvalue weighted by Gasteiger charge is 2.36. The fraction of sp³-hybridized carbons (Fsp3) is 0.286. The smallest absolute Gasteiger partial charge is 0.417 e. The third-order valence-corrected chi connectivity index (χ3v) is 4.22. The zero-order chi connectivity index (χ0) is 21.6. The summed E-state index contributed by atoms with van der Waals surface area (Å²) in [5.74, 6) is -2.93. The minimum absolute atomic E-state index is 0.271. The van der Waals surface area contributed by atoms with Crippen LogP contribution in [0.1, 0.15) is 41.3 Å². The van der Waals surface area contributed by atoms with Crippen LogP contribution >= 0.6 is 0 Å². The van der Waals surface area contributed by atoms with Crippen LogP contribution in [0.5, 0.6) is 0 Å². The number of carbonyl (C=O) groups excluding carboxylic acids is 2. The summed E-state index contributed by atoms with van der Waals surface area (Å²) in [4.78, 5) is 37.8. The highest BCUT2D eigenvalue weighted by molar-refractivity contribution is 6.06. The molecule has 0 spiro atoms. The van der Waals surface area contributed by atoms with Gasteiger partial charge in [-0.05, 0) is 30.2 Å². The van der Waals surface area contributed by atoms with Crippen LogP contribution in [0.15, 0.2) is 48.5 Å². The van der Waals surface area contributed by atoms with Gasteiger partial charge in [-0.1, -0.05) is 37.3 Å². The Bertz CT molecular complexity index is 895. The molecule has 1 N–H and O–H groups in total. The summed E-state index contributed by atoms with van der Waals surface area (Å²) in [7, 11) is 0. The molecule has 0 saturated carbocycles. The Morgan fingerprint density at radius 1 is 1.00 bits per heavy atom. The summed E-state index contributed by atoms with van der Waals surface area (Å²) in [6, 6.07) is 11.6. The van der Waals surface area contributed by atoms with Crippen molar-refractivity contribution in [3.8, 4) is 0 Å². The molecule has 0 aromatic heterocycles. The Hall–Kier alpha value is -3.16. The quantitative estimate of drug-likeness (QED) is 0.661. The molecule has 1 amide bonds. The lowest BCUT2D eigenvalue weighted by molar-refractivity contribution is -0.138. The summed E-state index contributed by atoms with van der Waals surface area (Å²) < 4.78 is 39.3. The van der Waals surface area contributed by atoms with Crippen molar-refractivity contribution in [3.63, 3.8) is 0 Å². The lowest BCUT2D eigenvalue weighted by Crippen LogP contribution is -2.33. The van der Waals surface area contributed by atoms with E-state index in [0.29, 0.717) is 24.7 Å². The third kappa shape index (κ3) is 5.66. The summed E-state index contributed by atoms with van der Waals surface area (Å²) in [5.41, 5.74) is -1.95. The lowest BCUT2D eigenvalue weighted by atomic mass is 9.96. The molecule has 8 heteroatoms. The van der Waals surface area contributed by atoms with Gasteiger partial charge in [0, 0.05) is 18.7 Å². The molecule has 0 unspecified atom stereocenters. The second-order valence-corrected chi connectivity index (χ2v) is 6.42. The number of benzene rings is 2. The van der Waals surface area contributed by atoms with Gasteiger partial charge in [0.25, 0.3) is 0 Å². The van der Waals surface area contributed by atoms with Crippen molar-refractivity contribution in [2.24, 2.45) is 0 Å². The van der Waals surface area contributed by atoms with Crippen LogP contribution in [-0.4, -0.2) is 29.3 Å². The second-order valence-electron chi connectivity index (χ2n) is 6.42. The predicted molar refractivity (Wildman–Crippen MR) is 101 cm³/mol. The van der Waals surface area contributed by atoms with Crippen LogP contribution in [0.4, 0.5) is 18.9 Å². The van der Waals surface area contributed by atoms with E-state index >= 15 is 0 Å². The predicted octanol–water partition coefficient (Wildman–Crippen LogP) is 4.35. The van der Waals surface area contributed by atoms with E-state index in [1.807, 2.05) is 6.92 Å². The number of carbonyl (C=O) groups is 3. The first-order valence-electron chi connectivity index (χ1n) is 8.94. The molecule has 0 aliphatic rings. The van der Waals surface area contributed by atoms with Crippen molar-refractivity contribution < 1.29 is 32.7 Å². The number of anilines is 1. The Morgan fingerprint density at radius 2 is 1.66 bits per heavy atom. The van der Waals surface area contributed by atoms with Crippen molar-refractivity contribution in [1.82, 2.24) is 0 Å². The van der Waals surface area contributed by atoms with Crippen molar-refractivity contribution >= 4 is 23.3 Å². The number of Topliss-reactive ketones (excluding diaryl/α,β-unsaturated/α-hetero) is 1. The van der Waals surface area contributed by atoms with Gasteiger partial charge in [-0.25, -0.2) is 4.79 Å². The summed E-state index contributed by atoms with van der Waals surface area (Å²) >= 11 is 0. The Morgan fingerprint density at radius 3 is 2.21 bits per heavy atom. The molecule has 154 valence electrons. The maximum absolute atomic E-state index is 13.1. The molecule has 0 aliphatic heterocycles. The molecule has 2 aromatic carbocycles. The van der Waals surface area contributed by atoms with E-state index in [2.05, 4.69) is 0 Å². The minimum atomic E-state index is -4.87. The Labute approximate surface area is 165 Å². The maximum Gasteiger partial charge on any atom is 0.417 e. The zero-order valence-electron chi connectivity index (χ0n) is 15.7. The number of hydrogen-bond donors (Lipinski definition) is 1. The van der Waals surface area contributed by atoms with Crippen molar-refractivity contribution in [2.45, 2.75) is 32.4 Å². The standard InChI is InChI=1S/C21H20F3NO4/c1-2-11-25(15-8-4-3-5-9-15)18(27)13-16(26)12-14-7-6-10-17(21(22,23)24)19(14)20(28)29/h3-10H,2,11-13H2,1H3,(H,28,29). The number of rotatable bonds is 8. The number of ketones is 1. The van der Waals surface area contributed by atoms with Gasteiger partial charge >= 0.3 is 12.1 Å². The van der Waals surface area contributed by atoms with Gasteiger partial charge in [0.15, 0.2) is 0 Å². The van der Waals surface area contributed by atoms with Gasteiger partial charge < -0.3 is 10.0 Å². The largest absolute Gasteiger partial charge is 0.478 e. The number of carboxylic acid groups (broad SMARTS) is 1. The van der Waals surface area contributed by atoms with E-state index < -0.39 is 47.8 Å². The number of nitrogens with zero attached hydrogens (tertiary/aromatic N) is 1. The van der Waals surface area contributed by atoms with E-state index in [-0.39, 0.29) is 5.56 Å². The minimum Gasteiger partial charge on any atom is -0.478 e. The monoisotopic (exact) mass is 407 g/mol. The molecule has 0 radical (unpaired) electrons. The fourth-order valence-electron chi connectivity index (χ4n) is 3.00. The third-order valence-electron chi connectivity index (χ3n) is 4.22. The molecule has 29 heavy (non-hydrogen) atoms. The van der Waals surface area contributed by atoms with Crippen molar-refractivity contribution in [1.29, 1.82) is 0 Å². The van der Waals surface area contributed by atoms with E-state index in [4.69, 9.17) is 0 Å². The summed E-state index contributed by atoms with van der Waals surface area (Å²) in [5, 5.41) is 9.23. The van der Waals surface area contributed by atoms with Gasteiger partial charge in [-0.2, -0.15) is 13.2 Å². The van der Waals surface area contributed by atoms with Crippen LogP contribution in [0, 0.1) is 0 Å². The van der Waals surface area contributed by atoms with Crippen LogP contribution in [0.3, 0.4) is 0 Å². The molecule has 0 aliphatic carbocycles. The first kappa shape index (κ1) is 22.1. The first-order chi connectivity index (χ1) is 13.6. The highest BCUT2D eigenvalue weighted by atomic mass is 19.4. The van der Waals surface area contributed by atoms with Crippen molar-refractivity contribution in [3.05, 3.63) is 65.2 Å². The van der Waals surface area contributed by atoms with Crippen LogP contribution in [0.2, 0.25) is 0 Å². The van der Waals surface area contributed by atoms with Gasteiger partial charge in [0.05, 0.1) is 17.5 Å². The topological polar surface area (TPSA) is 74.7 Å². The number of alkyl halides is 3. The normalized spacial score (nSPS) is 11.2. The van der Waals surface area contributed by atoms with Crippen LogP contribution in [-0.2, 0) is 22.2 Å². The van der Waals surface area contributed by atoms with E-state index in [9.17, 15) is 32.7 Å². The molecule has 0 heterocycles. The molecule has 0 saturated heterocycles. The Kier molecular flexibility index (Phi) is 7.14. The van der Waals surface area contributed by atoms with E-state index in [1.165, 1.54) is 4.90 Å². The molecule has 0 fully saturated rings. The van der Waals surface area contributed by atoms with Crippen LogP contribution < -0.4 is 4.90 Å². The molecule has 5 nitrogen and oxygen atoms in total. The molecule has 2 aromatic rings. The average Bonchev–Trinajstić information content (AvgIpc) is 2.65. The van der Waals surface area contributed by atoms with Gasteiger partial charge in [0.2, 0.25) is 5.91 Å². The van der Waals surface area contributed by atoms with Gasteiger partial charge in [-0.3, -0.25) is 9.59 Å². The van der Waals surface area contributed by atoms with Gasteiger partial charge in [0.1, 0.15) is 5.78 Å². The number of hydrogen-bond acceptors (Lipinski definition) is 3. The fourth-order valence-corrected chi connectivity index (χ4v) is 3.00. The molecule has 0 atom stereocenters. The highest BCUT2D eigenvalue weighted by Crippen LogP contribution is 2.33. The number of amides is 1. The lowest BCUT2D eigenvalue weighted by Gasteiger charge is -2.22. The number of carboxylic acids is 1. The van der Waals surface area contributed by atoms with E-state index in [0.717, 1.165) is 12.1 Å². The number of halogens is 3. The van der Waals surface area contributed by atoms with Crippen LogP contribution in [0.25, 0.3) is 0 Å². The molecular formula is C21H20F3NO4. The zero-order valence-corrected chi connectivity index (χ0v) is 15.7. The number of para-hydroxylation sites is 1. The number of aromatic carboxylic acids is 1. The first-order valence-corrected chi connectivity index (χ1v) is 8.94. The van der Waals surface area contributed by atoms with Gasteiger partial charge in [-0.15, -0.1) is 0 Å². The average molecular weight is 407 g/mol. The molecule has 0 bridgehead atoms. The molecular weight excluding hydrogens is 387 g/mol. The molecule has 2 rings (SSSR count). The van der Waals surface area contributed by atoms with E-state index in [1.54, 1.807) is 30.3 Å².